The number of primary amides is 1. The molecule has 0 atom stereocenters. The van der Waals surface area contributed by atoms with Gasteiger partial charge in [-0.3, -0.25) is 4.79 Å². The molecule has 2 aromatic rings. The molecule has 0 unspecified atom stereocenters. The smallest absolute Gasteiger partial charge is 0.248 e. The summed E-state index contributed by atoms with van der Waals surface area (Å²) in [5.74, 6) is 1.27. The van der Waals surface area contributed by atoms with Crippen molar-refractivity contribution in [2.24, 2.45) is 5.73 Å². The first-order valence-corrected chi connectivity index (χ1v) is 6.94. The number of carbonyl (C=O) groups is 1. The molecule has 0 fully saturated rings. The minimum Gasteiger partial charge on any atom is -0.468 e. The van der Waals surface area contributed by atoms with E-state index < -0.39 is 5.91 Å². The van der Waals surface area contributed by atoms with Gasteiger partial charge in [-0.1, -0.05) is 0 Å². The van der Waals surface area contributed by atoms with Crippen LogP contribution in [0.4, 0.5) is 5.69 Å². The Balaban J connectivity index is 1.86. The first-order chi connectivity index (χ1) is 10.4. The van der Waals surface area contributed by atoms with Gasteiger partial charge in [0.15, 0.2) is 5.75 Å². The molecule has 0 aliphatic carbocycles. The van der Waals surface area contributed by atoms with Crippen LogP contribution >= 0.6 is 0 Å². The van der Waals surface area contributed by atoms with Crippen molar-refractivity contribution in [3.8, 4) is 17.4 Å². The number of hydrogen-bond donors (Lipinski definition) is 2. The van der Waals surface area contributed by atoms with Crippen molar-refractivity contribution in [2.75, 3.05) is 11.9 Å². The molecular formula is C16H17N3O3. The monoisotopic (exact) mass is 299 g/mol. The highest BCUT2D eigenvalue weighted by molar-refractivity contribution is 5.92. The minimum atomic E-state index is -0.467. The summed E-state index contributed by atoms with van der Waals surface area (Å²) in [5.41, 5.74) is 6.06. The van der Waals surface area contributed by atoms with Crippen molar-refractivity contribution in [3.63, 3.8) is 0 Å². The molecule has 1 amide bonds. The van der Waals surface area contributed by atoms with Crippen molar-refractivity contribution in [3.05, 3.63) is 42.1 Å². The summed E-state index contributed by atoms with van der Waals surface area (Å²) in [4.78, 5) is 15.3. The van der Waals surface area contributed by atoms with Gasteiger partial charge in [0, 0.05) is 17.8 Å². The Kier molecular flexibility index (Phi) is 3.36. The number of rotatable bonds is 3. The molecule has 1 aliphatic rings. The number of nitrogens with two attached hydrogens (primary N) is 1. The van der Waals surface area contributed by atoms with Crippen molar-refractivity contribution >= 4 is 11.6 Å². The molecule has 0 saturated heterocycles. The Hall–Kier alpha value is -2.76. The van der Waals surface area contributed by atoms with E-state index in [1.807, 2.05) is 13.8 Å². The molecule has 0 radical (unpaired) electrons. The number of amides is 1. The Bertz CT molecular complexity index is 711. The molecule has 22 heavy (non-hydrogen) atoms. The molecule has 3 rings (SSSR count). The SMILES string of the molecule is CC1(C)CNc2c(Oc3ccc(C(N)=O)cc3)ccnc2O1. The maximum absolute atomic E-state index is 11.1. The Labute approximate surface area is 128 Å². The molecule has 6 heteroatoms. The number of fused-ring (bicyclic) bond motifs is 1. The van der Waals surface area contributed by atoms with E-state index in [-0.39, 0.29) is 5.60 Å². The topological polar surface area (TPSA) is 86.5 Å². The Morgan fingerprint density at radius 2 is 2.05 bits per heavy atom. The van der Waals surface area contributed by atoms with Crippen LogP contribution < -0.4 is 20.5 Å². The summed E-state index contributed by atoms with van der Waals surface area (Å²) in [6, 6.07) is 8.40. The van der Waals surface area contributed by atoms with Gasteiger partial charge in [-0.15, -0.1) is 0 Å². The fourth-order valence-corrected chi connectivity index (χ4v) is 2.16. The van der Waals surface area contributed by atoms with Crippen LogP contribution in [0.5, 0.6) is 17.4 Å². The number of anilines is 1. The summed E-state index contributed by atoms with van der Waals surface area (Å²) in [5, 5.41) is 3.28. The van der Waals surface area contributed by atoms with Crippen LogP contribution in [0.25, 0.3) is 0 Å². The van der Waals surface area contributed by atoms with Crippen LogP contribution in [0, 0.1) is 0 Å². The molecule has 1 aromatic carbocycles. The van der Waals surface area contributed by atoms with Gasteiger partial charge in [-0.2, -0.15) is 0 Å². The predicted octanol–water partition coefficient (Wildman–Crippen LogP) is 2.56. The molecule has 0 bridgehead atoms. The van der Waals surface area contributed by atoms with Crippen molar-refractivity contribution in [1.29, 1.82) is 0 Å². The van der Waals surface area contributed by atoms with E-state index >= 15 is 0 Å². The van der Waals surface area contributed by atoms with E-state index in [0.717, 1.165) is 5.69 Å². The van der Waals surface area contributed by atoms with E-state index in [2.05, 4.69) is 10.3 Å². The van der Waals surface area contributed by atoms with Crippen LogP contribution in [0.2, 0.25) is 0 Å². The largest absolute Gasteiger partial charge is 0.468 e. The van der Waals surface area contributed by atoms with Crippen molar-refractivity contribution < 1.29 is 14.3 Å². The molecule has 3 N–H and O–H groups in total. The lowest BCUT2D eigenvalue weighted by Gasteiger charge is -2.33. The van der Waals surface area contributed by atoms with Crippen LogP contribution in [-0.4, -0.2) is 23.0 Å². The zero-order valence-electron chi connectivity index (χ0n) is 12.4. The normalized spacial score (nSPS) is 15.2. The number of pyridine rings is 1. The number of carbonyl (C=O) groups excluding carboxylic acids is 1. The van der Waals surface area contributed by atoms with Gasteiger partial charge in [-0.05, 0) is 38.1 Å². The van der Waals surface area contributed by atoms with E-state index in [4.69, 9.17) is 15.2 Å². The number of benzene rings is 1. The molecular weight excluding hydrogens is 282 g/mol. The fourth-order valence-electron chi connectivity index (χ4n) is 2.16. The molecule has 1 aliphatic heterocycles. The number of ether oxygens (including phenoxy) is 2. The highest BCUT2D eigenvalue weighted by Gasteiger charge is 2.29. The Morgan fingerprint density at radius 3 is 2.73 bits per heavy atom. The van der Waals surface area contributed by atoms with Gasteiger partial charge in [0.25, 0.3) is 0 Å². The first-order valence-electron chi connectivity index (χ1n) is 6.94. The fraction of sp³-hybridized carbons (Fsp3) is 0.250. The zero-order chi connectivity index (χ0) is 15.7. The second kappa shape index (κ2) is 5.22. The van der Waals surface area contributed by atoms with Crippen molar-refractivity contribution in [1.82, 2.24) is 4.98 Å². The number of aromatic nitrogens is 1. The van der Waals surface area contributed by atoms with E-state index in [1.54, 1.807) is 36.5 Å². The second-order valence-corrected chi connectivity index (χ2v) is 5.70. The van der Waals surface area contributed by atoms with Crippen LogP contribution in [0.15, 0.2) is 36.5 Å². The van der Waals surface area contributed by atoms with Crippen LogP contribution in [0.1, 0.15) is 24.2 Å². The quantitative estimate of drug-likeness (QED) is 0.909. The van der Waals surface area contributed by atoms with Gasteiger partial charge in [0.05, 0.1) is 6.54 Å². The lowest BCUT2D eigenvalue weighted by Crippen LogP contribution is -2.40. The third kappa shape index (κ3) is 2.81. The molecule has 2 heterocycles. The highest BCUT2D eigenvalue weighted by atomic mass is 16.5. The lowest BCUT2D eigenvalue weighted by molar-refractivity contribution is 0.1000. The third-order valence-corrected chi connectivity index (χ3v) is 3.31. The van der Waals surface area contributed by atoms with E-state index in [9.17, 15) is 4.79 Å². The van der Waals surface area contributed by atoms with Crippen molar-refractivity contribution in [2.45, 2.75) is 19.4 Å². The van der Waals surface area contributed by atoms with Gasteiger partial charge >= 0.3 is 0 Å². The number of nitrogens with one attached hydrogen (secondary N) is 1. The average molecular weight is 299 g/mol. The summed E-state index contributed by atoms with van der Waals surface area (Å²) >= 11 is 0. The molecule has 0 spiro atoms. The summed E-state index contributed by atoms with van der Waals surface area (Å²) in [6.45, 7) is 4.63. The van der Waals surface area contributed by atoms with Gasteiger partial charge in [0.2, 0.25) is 11.8 Å². The van der Waals surface area contributed by atoms with E-state index in [1.165, 1.54) is 0 Å². The predicted molar refractivity (Wildman–Crippen MR) is 82.5 cm³/mol. The maximum Gasteiger partial charge on any atom is 0.248 e. The van der Waals surface area contributed by atoms with Crippen LogP contribution in [-0.2, 0) is 0 Å². The molecule has 0 saturated carbocycles. The van der Waals surface area contributed by atoms with Crippen LogP contribution in [0.3, 0.4) is 0 Å². The molecule has 1 aromatic heterocycles. The van der Waals surface area contributed by atoms with Gasteiger partial charge in [-0.25, -0.2) is 4.98 Å². The standard InChI is InChI=1S/C16H17N3O3/c1-16(2)9-19-13-12(7-8-18-15(13)22-16)21-11-5-3-10(4-6-11)14(17)20/h3-8,19H,9H2,1-2H3,(H2,17,20). The second-order valence-electron chi connectivity index (χ2n) is 5.70. The van der Waals surface area contributed by atoms with E-state index in [0.29, 0.717) is 29.5 Å². The molecule has 114 valence electrons. The summed E-state index contributed by atoms with van der Waals surface area (Å²) in [7, 11) is 0. The third-order valence-electron chi connectivity index (χ3n) is 3.31. The Morgan fingerprint density at radius 1 is 1.32 bits per heavy atom. The number of nitrogens with zero attached hydrogens (tertiary/aromatic N) is 1. The van der Waals surface area contributed by atoms with Gasteiger partial charge < -0.3 is 20.5 Å². The zero-order valence-corrected chi connectivity index (χ0v) is 12.4. The lowest BCUT2D eigenvalue weighted by atomic mass is 10.1. The average Bonchev–Trinajstić information content (AvgIpc) is 2.46. The van der Waals surface area contributed by atoms with Gasteiger partial charge in [0.1, 0.15) is 17.0 Å². The minimum absolute atomic E-state index is 0.318. The first kappa shape index (κ1) is 14.2. The number of hydrogen-bond acceptors (Lipinski definition) is 5. The summed E-state index contributed by atoms with van der Waals surface area (Å²) in [6.07, 6.45) is 1.63. The summed E-state index contributed by atoms with van der Waals surface area (Å²) < 4.78 is 11.7. The maximum atomic E-state index is 11.1. The molecule has 6 nitrogen and oxygen atoms in total. The highest BCUT2D eigenvalue weighted by Crippen LogP contribution is 2.39.